The van der Waals surface area contributed by atoms with Crippen molar-refractivity contribution in [2.24, 2.45) is 0 Å². The van der Waals surface area contributed by atoms with Gasteiger partial charge in [0.1, 0.15) is 17.1 Å². The van der Waals surface area contributed by atoms with Crippen molar-refractivity contribution in [3.63, 3.8) is 0 Å². The molecular formula is C29H33N5O5S. The molecule has 4 aromatic rings. The summed E-state index contributed by atoms with van der Waals surface area (Å²) < 4.78 is 36.1. The summed E-state index contributed by atoms with van der Waals surface area (Å²) in [5, 5.41) is 9.48. The molecule has 0 atom stereocenters. The van der Waals surface area contributed by atoms with E-state index in [0.29, 0.717) is 28.3 Å². The van der Waals surface area contributed by atoms with E-state index in [1.54, 1.807) is 52.8 Å². The second-order valence-corrected chi connectivity index (χ2v) is 13.0. The van der Waals surface area contributed by atoms with Gasteiger partial charge in [-0.2, -0.15) is 0 Å². The van der Waals surface area contributed by atoms with Crippen molar-refractivity contribution in [2.45, 2.75) is 56.9 Å². The molecule has 0 aliphatic carbocycles. The molecule has 0 radical (unpaired) electrons. The Hall–Kier alpha value is -4.09. The molecule has 3 aromatic heterocycles. The maximum Gasteiger partial charge on any atom is 0.413 e. The lowest BCUT2D eigenvalue weighted by atomic mass is 10.1. The van der Waals surface area contributed by atoms with Gasteiger partial charge in [0.05, 0.1) is 21.4 Å². The van der Waals surface area contributed by atoms with E-state index >= 15 is 0 Å². The number of amides is 1. The fraction of sp³-hybridized carbons (Fsp3) is 0.310. The van der Waals surface area contributed by atoms with Crippen LogP contribution < -0.4 is 10.6 Å². The number of benzene rings is 1. The van der Waals surface area contributed by atoms with E-state index in [4.69, 9.17) is 9.26 Å². The van der Waals surface area contributed by atoms with Crippen LogP contribution in [0.2, 0.25) is 0 Å². The molecule has 10 nitrogen and oxygen atoms in total. The Morgan fingerprint density at radius 2 is 1.70 bits per heavy atom. The van der Waals surface area contributed by atoms with E-state index in [-0.39, 0.29) is 10.7 Å². The average Bonchev–Trinajstić information content (AvgIpc) is 3.38. The Morgan fingerprint density at radius 1 is 0.975 bits per heavy atom. The average molecular weight is 564 g/mol. The lowest BCUT2D eigenvalue weighted by Gasteiger charge is -2.20. The van der Waals surface area contributed by atoms with Crippen LogP contribution in [0.3, 0.4) is 0 Å². The molecule has 0 saturated carbocycles. The molecule has 0 aliphatic rings. The van der Waals surface area contributed by atoms with Gasteiger partial charge < -0.3 is 14.6 Å². The van der Waals surface area contributed by atoms with Crippen LogP contribution in [-0.2, 0) is 21.1 Å². The molecule has 0 bridgehead atoms. The highest BCUT2D eigenvalue weighted by Gasteiger charge is 2.22. The Bertz CT molecular complexity index is 1590. The molecule has 0 unspecified atom stereocenters. The van der Waals surface area contributed by atoms with Crippen LogP contribution in [0.4, 0.5) is 10.6 Å². The van der Waals surface area contributed by atoms with Gasteiger partial charge in [0.25, 0.3) is 0 Å². The number of aromatic nitrogens is 3. The van der Waals surface area contributed by atoms with Crippen molar-refractivity contribution in [1.82, 2.24) is 20.4 Å². The molecule has 0 fully saturated rings. The van der Waals surface area contributed by atoms with E-state index in [9.17, 15) is 13.2 Å². The molecule has 2 N–H and O–H groups in total. The number of ether oxygens (including phenoxy) is 1. The standard InChI is InChI=1S/C29H33N5O5S/c1-18(2)40(36,37)22-11-12-24(31-17-22)21-13-23(27(32-16-21)33-28(35)38-29(3,4)5)26-14-25(34-39-26)20-9-7-19(8-10-20)15-30-6/h7-14,16-18,30H,15H2,1-6H3,(H,32,33,35). The molecule has 0 saturated heterocycles. The van der Waals surface area contributed by atoms with Crippen LogP contribution >= 0.6 is 0 Å². The second-order valence-electron chi connectivity index (χ2n) is 10.5. The lowest BCUT2D eigenvalue weighted by Crippen LogP contribution is -2.27. The Morgan fingerprint density at radius 3 is 2.30 bits per heavy atom. The van der Waals surface area contributed by atoms with Crippen LogP contribution in [0.15, 0.2) is 70.3 Å². The summed E-state index contributed by atoms with van der Waals surface area (Å²) in [6, 6.07) is 14.6. The van der Waals surface area contributed by atoms with Crippen LogP contribution in [0.1, 0.15) is 40.2 Å². The number of nitrogens with one attached hydrogen (secondary N) is 2. The Balaban J connectivity index is 1.72. The van der Waals surface area contributed by atoms with Crippen molar-refractivity contribution in [2.75, 3.05) is 12.4 Å². The van der Waals surface area contributed by atoms with Gasteiger partial charge in [-0.1, -0.05) is 29.4 Å². The normalized spacial score (nSPS) is 12.0. The lowest BCUT2D eigenvalue weighted by molar-refractivity contribution is 0.0635. The Labute approximate surface area is 234 Å². The zero-order chi connectivity index (χ0) is 29.1. The second kappa shape index (κ2) is 11.6. The van der Waals surface area contributed by atoms with Crippen molar-refractivity contribution < 1.29 is 22.5 Å². The molecule has 11 heteroatoms. The minimum Gasteiger partial charge on any atom is -0.444 e. The first kappa shape index (κ1) is 28.9. The third-order valence-electron chi connectivity index (χ3n) is 5.89. The van der Waals surface area contributed by atoms with Gasteiger partial charge in [0, 0.05) is 36.1 Å². The molecule has 4 rings (SSSR count). The van der Waals surface area contributed by atoms with Gasteiger partial charge in [0.15, 0.2) is 15.6 Å². The van der Waals surface area contributed by atoms with Gasteiger partial charge in [-0.25, -0.2) is 18.2 Å². The molecule has 1 amide bonds. The largest absolute Gasteiger partial charge is 0.444 e. The molecule has 210 valence electrons. The van der Waals surface area contributed by atoms with E-state index in [0.717, 1.165) is 17.7 Å². The van der Waals surface area contributed by atoms with Crippen molar-refractivity contribution in [1.29, 1.82) is 0 Å². The number of carbonyl (C=O) groups is 1. The monoisotopic (exact) mass is 563 g/mol. The van der Waals surface area contributed by atoms with Crippen molar-refractivity contribution in [3.05, 3.63) is 66.5 Å². The SMILES string of the molecule is CNCc1ccc(-c2cc(-c3cc(-c4ccc(S(=O)(=O)C(C)C)cn4)cnc3NC(=O)OC(C)(C)C)on2)cc1. The van der Waals surface area contributed by atoms with Crippen LogP contribution in [0, 0.1) is 0 Å². The minimum atomic E-state index is -3.46. The summed E-state index contributed by atoms with van der Waals surface area (Å²) in [7, 11) is -1.57. The van der Waals surface area contributed by atoms with Crippen LogP contribution in [-0.4, -0.2) is 47.5 Å². The quantitative estimate of drug-likeness (QED) is 0.276. The van der Waals surface area contributed by atoms with E-state index in [1.165, 1.54) is 18.5 Å². The summed E-state index contributed by atoms with van der Waals surface area (Å²) in [4.78, 5) is 21.5. The number of rotatable bonds is 8. The predicted octanol–water partition coefficient (Wildman–Crippen LogP) is 5.71. The van der Waals surface area contributed by atoms with E-state index in [1.807, 2.05) is 31.3 Å². The molecule has 40 heavy (non-hydrogen) atoms. The molecular weight excluding hydrogens is 530 g/mol. The summed E-state index contributed by atoms with van der Waals surface area (Å²) in [5.74, 6) is 0.581. The summed E-state index contributed by atoms with van der Waals surface area (Å²) in [6.45, 7) is 9.30. The van der Waals surface area contributed by atoms with Crippen LogP contribution in [0.5, 0.6) is 0 Å². The zero-order valence-corrected chi connectivity index (χ0v) is 24.2. The van der Waals surface area contributed by atoms with Crippen molar-refractivity contribution in [3.8, 4) is 33.8 Å². The van der Waals surface area contributed by atoms with Gasteiger partial charge >= 0.3 is 6.09 Å². The summed E-state index contributed by atoms with van der Waals surface area (Å²) in [6.07, 6.45) is 2.20. The predicted molar refractivity (Wildman–Crippen MR) is 153 cm³/mol. The van der Waals surface area contributed by atoms with Gasteiger partial charge in [-0.05, 0) is 65.4 Å². The molecule has 1 aromatic carbocycles. The number of hydrogen-bond acceptors (Lipinski definition) is 9. The first-order valence-corrected chi connectivity index (χ1v) is 14.3. The smallest absolute Gasteiger partial charge is 0.413 e. The maximum absolute atomic E-state index is 12.6. The molecule has 3 heterocycles. The highest BCUT2D eigenvalue weighted by molar-refractivity contribution is 7.92. The van der Waals surface area contributed by atoms with Crippen LogP contribution in [0.25, 0.3) is 33.8 Å². The van der Waals surface area contributed by atoms with Gasteiger partial charge in [0.2, 0.25) is 0 Å². The maximum atomic E-state index is 12.6. The minimum absolute atomic E-state index is 0.142. The Kier molecular flexibility index (Phi) is 8.36. The van der Waals surface area contributed by atoms with Gasteiger partial charge in [-0.3, -0.25) is 10.3 Å². The number of nitrogens with zero attached hydrogens (tertiary/aromatic N) is 3. The zero-order valence-electron chi connectivity index (χ0n) is 23.3. The van der Waals surface area contributed by atoms with E-state index in [2.05, 4.69) is 25.8 Å². The van der Waals surface area contributed by atoms with E-state index < -0.39 is 26.8 Å². The summed E-state index contributed by atoms with van der Waals surface area (Å²) >= 11 is 0. The fourth-order valence-electron chi connectivity index (χ4n) is 3.82. The highest BCUT2D eigenvalue weighted by Crippen LogP contribution is 2.34. The highest BCUT2D eigenvalue weighted by atomic mass is 32.2. The number of hydrogen-bond donors (Lipinski definition) is 2. The first-order chi connectivity index (χ1) is 18.9. The number of carbonyl (C=O) groups excluding carboxylic acids is 1. The fourth-order valence-corrected chi connectivity index (χ4v) is 4.82. The number of sulfone groups is 1. The van der Waals surface area contributed by atoms with Gasteiger partial charge in [-0.15, -0.1) is 0 Å². The number of pyridine rings is 2. The third kappa shape index (κ3) is 6.72. The van der Waals surface area contributed by atoms with Crippen molar-refractivity contribution >= 4 is 21.7 Å². The summed E-state index contributed by atoms with van der Waals surface area (Å²) in [5.41, 5.74) is 3.45. The topological polar surface area (TPSA) is 136 Å². The molecule has 0 spiro atoms. The first-order valence-electron chi connectivity index (χ1n) is 12.8. The molecule has 0 aliphatic heterocycles. The third-order valence-corrected chi connectivity index (χ3v) is 8.03. The number of anilines is 1.